The Morgan fingerprint density at radius 1 is 1.50 bits per heavy atom. The second-order valence-electron chi connectivity index (χ2n) is 5.42. The summed E-state index contributed by atoms with van der Waals surface area (Å²) < 4.78 is 32.2. The highest BCUT2D eigenvalue weighted by atomic mass is 32.2. The van der Waals surface area contributed by atoms with Crippen molar-refractivity contribution in [2.75, 3.05) is 26.0 Å². The Labute approximate surface area is 119 Å². The molecule has 2 aliphatic heterocycles. The molecule has 8 heteroatoms. The normalized spacial score (nSPS) is 23.9. The van der Waals surface area contributed by atoms with Gasteiger partial charge in [-0.15, -0.1) is 0 Å². The van der Waals surface area contributed by atoms with E-state index in [9.17, 15) is 8.42 Å². The summed E-state index contributed by atoms with van der Waals surface area (Å²) in [5.41, 5.74) is 0.773. The SMILES string of the molecule is CS(=O)(=O)NCc1cn2c(n1)CN(C1CCOC1)CC2. The molecule has 1 unspecified atom stereocenters. The largest absolute Gasteiger partial charge is 0.380 e. The van der Waals surface area contributed by atoms with Crippen molar-refractivity contribution in [3.63, 3.8) is 0 Å². The molecule has 1 N–H and O–H groups in total. The summed E-state index contributed by atoms with van der Waals surface area (Å²) in [7, 11) is -3.17. The average molecular weight is 300 g/mol. The van der Waals surface area contributed by atoms with Crippen LogP contribution in [-0.4, -0.2) is 54.9 Å². The highest BCUT2D eigenvalue weighted by Crippen LogP contribution is 2.19. The monoisotopic (exact) mass is 300 g/mol. The first-order valence-corrected chi connectivity index (χ1v) is 8.72. The van der Waals surface area contributed by atoms with Crippen LogP contribution in [0.1, 0.15) is 17.9 Å². The molecule has 0 spiro atoms. The molecule has 0 saturated carbocycles. The quantitative estimate of drug-likeness (QED) is 0.814. The lowest BCUT2D eigenvalue weighted by Gasteiger charge is -2.31. The molecule has 0 bridgehead atoms. The first-order valence-electron chi connectivity index (χ1n) is 6.82. The Kier molecular flexibility index (Phi) is 3.80. The lowest BCUT2D eigenvalue weighted by atomic mass is 10.2. The van der Waals surface area contributed by atoms with E-state index in [0.717, 1.165) is 57.0 Å². The molecule has 1 aromatic heterocycles. The van der Waals surface area contributed by atoms with Gasteiger partial charge < -0.3 is 9.30 Å². The number of nitrogens with one attached hydrogen (secondary N) is 1. The van der Waals surface area contributed by atoms with Crippen molar-refractivity contribution < 1.29 is 13.2 Å². The van der Waals surface area contributed by atoms with Crippen LogP contribution in [0.3, 0.4) is 0 Å². The van der Waals surface area contributed by atoms with E-state index in [1.54, 1.807) is 0 Å². The average Bonchev–Trinajstić information content (AvgIpc) is 3.03. The second kappa shape index (κ2) is 5.44. The lowest BCUT2D eigenvalue weighted by Crippen LogP contribution is -2.41. The molecular weight excluding hydrogens is 280 g/mol. The fourth-order valence-electron chi connectivity index (χ4n) is 2.74. The van der Waals surface area contributed by atoms with E-state index in [2.05, 4.69) is 19.2 Å². The minimum Gasteiger partial charge on any atom is -0.380 e. The van der Waals surface area contributed by atoms with Crippen molar-refractivity contribution in [2.24, 2.45) is 0 Å². The number of aromatic nitrogens is 2. The number of hydrogen-bond donors (Lipinski definition) is 1. The van der Waals surface area contributed by atoms with Crippen LogP contribution < -0.4 is 4.72 Å². The molecular formula is C12H20N4O3S. The molecule has 3 heterocycles. The zero-order valence-electron chi connectivity index (χ0n) is 11.6. The summed E-state index contributed by atoms with van der Waals surface area (Å²) in [5.74, 6) is 1.01. The minimum absolute atomic E-state index is 0.255. The van der Waals surface area contributed by atoms with Crippen molar-refractivity contribution in [2.45, 2.75) is 32.1 Å². The number of nitrogens with zero attached hydrogens (tertiary/aromatic N) is 3. The summed E-state index contributed by atoms with van der Waals surface area (Å²) in [5, 5.41) is 0. The highest BCUT2D eigenvalue weighted by Gasteiger charge is 2.27. The van der Waals surface area contributed by atoms with Gasteiger partial charge in [-0.3, -0.25) is 4.90 Å². The number of imidazole rings is 1. The van der Waals surface area contributed by atoms with E-state index < -0.39 is 10.0 Å². The molecule has 0 amide bonds. The fraction of sp³-hybridized carbons (Fsp3) is 0.750. The van der Waals surface area contributed by atoms with Gasteiger partial charge in [0, 0.05) is 31.9 Å². The number of ether oxygens (including phenoxy) is 1. The minimum atomic E-state index is -3.17. The maximum Gasteiger partial charge on any atom is 0.209 e. The molecule has 7 nitrogen and oxygen atoms in total. The van der Waals surface area contributed by atoms with E-state index in [4.69, 9.17) is 4.74 Å². The maximum absolute atomic E-state index is 11.1. The number of sulfonamides is 1. The van der Waals surface area contributed by atoms with Gasteiger partial charge in [-0.05, 0) is 6.42 Å². The van der Waals surface area contributed by atoms with E-state index in [1.807, 2.05) is 6.20 Å². The van der Waals surface area contributed by atoms with Crippen molar-refractivity contribution in [3.05, 3.63) is 17.7 Å². The van der Waals surface area contributed by atoms with Crippen LogP contribution >= 0.6 is 0 Å². The predicted octanol–water partition coefficient (Wildman–Crippen LogP) is -0.463. The van der Waals surface area contributed by atoms with E-state index in [-0.39, 0.29) is 6.54 Å². The van der Waals surface area contributed by atoms with Crippen LogP contribution in [0.2, 0.25) is 0 Å². The van der Waals surface area contributed by atoms with Gasteiger partial charge in [0.15, 0.2) is 0 Å². The van der Waals surface area contributed by atoms with Gasteiger partial charge >= 0.3 is 0 Å². The van der Waals surface area contributed by atoms with Gasteiger partial charge in [-0.25, -0.2) is 18.1 Å². The topological polar surface area (TPSA) is 76.5 Å². The first-order chi connectivity index (χ1) is 9.51. The molecule has 0 radical (unpaired) electrons. The van der Waals surface area contributed by atoms with Gasteiger partial charge in [0.05, 0.1) is 31.6 Å². The zero-order valence-corrected chi connectivity index (χ0v) is 12.4. The van der Waals surface area contributed by atoms with Crippen LogP contribution in [0.25, 0.3) is 0 Å². The van der Waals surface area contributed by atoms with Crippen molar-refractivity contribution >= 4 is 10.0 Å². The van der Waals surface area contributed by atoms with Crippen LogP contribution in [0.15, 0.2) is 6.20 Å². The van der Waals surface area contributed by atoms with Crippen LogP contribution in [0, 0.1) is 0 Å². The Bertz CT molecular complexity index is 578. The molecule has 112 valence electrons. The number of fused-ring (bicyclic) bond motifs is 1. The summed E-state index contributed by atoms with van der Waals surface area (Å²) in [6.07, 6.45) is 4.18. The second-order valence-corrected chi connectivity index (χ2v) is 7.26. The fourth-order valence-corrected chi connectivity index (χ4v) is 3.15. The van der Waals surface area contributed by atoms with E-state index >= 15 is 0 Å². The number of rotatable bonds is 4. The molecule has 1 fully saturated rings. The first kappa shape index (κ1) is 14.0. The third kappa shape index (κ3) is 3.20. The third-order valence-corrected chi connectivity index (χ3v) is 4.49. The smallest absolute Gasteiger partial charge is 0.209 e. The summed E-state index contributed by atoms with van der Waals surface area (Å²) in [4.78, 5) is 6.93. The Hall–Kier alpha value is -0.960. The molecule has 0 aromatic carbocycles. The highest BCUT2D eigenvalue weighted by molar-refractivity contribution is 7.88. The lowest BCUT2D eigenvalue weighted by molar-refractivity contribution is 0.121. The summed E-state index contributed by atoms with van der Waals surface area (Å²) in [6, 6.07) is 0.498. The Balaban J connectivity index is 1.66. The molecule has 1 aromatic rings. The third-order valence-electron chi connectivity index (χ3n) is 3.82. The molecule has 1 atom stereocenters. The van der Waals surface area contributed by atoms with Crippen molar-refractivity contribution in [1.82, 2.24) is 19.2 Å². The summed E-state index contributed by atoms with van der Waals surface area (Å²) in [6.45, 7) is 4.62. The molecule has 0 aliphatic carbocycles. The van der Waals surface area contributed by atoms with Gasteiger partial charge in [-0.2, -0.15) is 0 Å². The van der Waals surface area contributed by atoms with Crippen molar-refractivity contribution in [3.8, 4) is 0 Å². The Morgan fingerprint density at radius 2 is 2.35 bits per heavy atom. The molecule has 3 rings (SSSR count). The van der Waals surface area contributed by atoms with E-state index in [0.29, 0.717) is 6.04 Å². The molecule has 1 saturated heterocycles. The van der Waals surface area contributed by atoms with E-state index in [1.165, 1.54) is 0 Å². The van der Waals surface area contributed by atoms with Crippen LogP contribution in [0.4, 0.5) is 0 Å². The Morgan fingerprint density at radius 3 is 3.05 bits per heavy atom. The maximum atomic E-state index is 11.1. The zero-order chi connectivity index (χ0) is 14.2. The van der Waals surface area contributed by atoms with Gasteiger partial charge in [0.1, 0.15) is 5.82 Å². The predicted molar refractivity (Wildman–Crippen MR) is 73.5 cm³/mol. The standard InChI is InChI=1S/C12H20N4O3S/c1-20(17,18)13-6-10-7-16-4-3-15(8-12(16)14-10)11-2-5-19-9-11/h7,11,13H,2-6,8-9H2,1H3. The van der Waals surface area contributed by atoms with Crippen molar-refractivity contribution in [1.29, 1.82) is 0 Å². The number of hydrogen-bond acceptors (Lipinski definition) is 5. The van der Waals surface area contributed by atoms with Gasteiger partial charge in [0.25, 0.3) is 0 Å². The van der Waals surface area contributed by atoms with Crippen LogP contribution in [0.5, 0.6) is 0 Å². The molecule has 2 aliphatic rings. The van der Waals surface area contributed by atoms with Gasteiger partial charge in [-0.1, -0.05) is 0 Å². The van der Waals surface area contributed by atoms with Gasteiger partial charge in [0.2, 0.25) is 10.0 Å². The van der Waals surface area contributed by atoms with Crippen LogP contribution in [-0.2, 0) is 34.4 Å². The molecule has 20 heavy (non-hydrogen) atoms. The summed E-state index contributed by atoms with van der Waals surface area (Å²) >= 11 is 0.